The summed E-state index contributed by atoms with van der Waals surface area (Å²) in [6.45, 7) is 5.44. The van der Waals surface area contributed by atoms with E-state index < -0.39 is 0 Å². The van der Waals surface area contributed by atoms with Crippen molar-refractivity contribution in [2.24, 2.45) is 5.73 Å². The van der Waals surface area contributed by atoms with Crippen LogP contribution in [0.3, 0.4) is 0 Å². The average Bonchev–Trinajstić information content (AvgIpc) is 2.98. The van der Waals surface area contributed by atoms with Gasteiger partial charge in [0.05, 0.1) is 10.6 Å². The molecule has 5 heteroatoms. The van der Waals surface area contributed by atoms with Crippen molar-refractivity contribution in [1.29, 1.82) is 0 Å². The molecule has 0 fully saturated rings. The summed E-state index contributed by atoms with van der Waals surface area (Å²) >= 11 is 1.66. The Morgan fingerprint density at radius 3 is 3.06 bits per heavy atom. The molecule has 0 aliphatic rings. The van der Waals surface area contributed by atoms with E-state index in [2.05, 4.69) is 17.0 Å². The van der Waals surface area contributed by atoms with Crippen molar-refractivity contribution in [3.63, 3.8) is 0 Å². The van der Waals surface area contributed by atoms with Gasteiger partial charge in [0.1, 0.15) is 0 Å². The van der Waals surface area contributed by atoms with Crippen molar-refractivity contribution < 1.29 is 4.52 Å². The second-order valence-electron chi connectivity index (χ2n) is 3.82. The predicted molar refractivity (Wildman–Crippen MR) is 69.8 cm³/mol. The van der Waals surface area contributed by atoms with Crippen LogP contribution in [0.4, 0.5) is 0 Å². The lowest BCUT2D eigenvalue weighted by atomic mass is 10.3. The minimum Gasteiger partial charge on any atom is -0.355 e. The summed E-state index contributed by atoms with van der Waals surface area (Å²) < 4.78 is 5.34. The van der Waals surface area contributed by atoms with Crippen LogP contribution in [0.25, 0.3) is 10.6 Å². The second-order valence-corrected chi connectivity index (χ2v) is 4.76. The van der Waals surface area contributed by atoms with Gasteiger partial charge >= 0.3 is 0 Å². The molecule has 0 aliphatic heterocycles. The zero-order valence-corrected chi connectivity index (χ0v) is 10.7. The topological polar surface area (TPSA) is 55.3 Å². The van der Waals surface area contributed by atoms with Gasteiger partial charge in [-0.15, -0.1) is 11.3 Å². The monoisotopic (exact) mass is 251 g/mol. The molecule has 2 N–H and O–H groups in total. The van der Waals surface area contributed by atoms with E-state index in [1.165, 1.54) is 0 Å². The normalized spacial score (nSPS) is 11.2. The Bertz CT molecular complexity index is 438. The van der Waals surface area contributed by atoms with E-state index in [0.717, 1.165) is 36.0 Å². The minimum atomic E-state index is 0.670. The van der Waals surface area contributed by atoms with Gasteiger partial charge in [-0.2, -0.15) is 0 Å². The van der Waals surface area contributed by atoms with E-state index in [1.807, 2.05) is 23.6 Å². The van der Waals surface area contributed by atoms with E-state index in [9.17, 15) is 0 Å². The lowest BCUT2D eigenvalue weighted by molar-refractivity contribution is 0.277. The zero-order chi connectivity index (χ0) is 12.1. The molecule has 0 aromatic carbocycles. The van der Waals surface area contributed by atoms with Crippen LogP contribution >= 0.6 is 11.3 Å². The van der Waals surface area contributed by atoms with Crippen molar-refractivity contribution in [1.82, 2.24) is 10.1 Å². The molecule has 0 bridgehead atoms. The van der Waals surface area contributed by atoms with E-state index >= 15 is 0 Å². The van der Waals surface area contributed by atoms with Crippen molar-refractivity contribution in [3.8, 4) is 10.6 Å². The Morgan fingerprint density at radius 2 is 2.41 bits per heavy atom. The standard InChI is InChI=1S/C12H17N3OS/c1-2-15(6-5-13)9-10-8-11(16-14-10)12-4-3-7-17-12/h3-4,7-8H,2,5-6,9,13H2,1H3. The molecule has 92 valence electrons. The van der Waals surface area contributed by atoms with Crippen LogP contribution in [-0.4, -0.2) is 29.7 Å². The van der Waals surface area contributed by atoms with E-state index in [1.54, 1.807) is 11.3 Å². The maximum atomic E-state index is 5.56. The lowest BCUT2D eigenvalue weighted by Crippen LogP contribution is -2.28. The molecule has 4 nitrogen and oxygen atoms in total. The second kappa shape index (κ2) is 5.95. The van der Waals surface area contributed by atoms with E-state index in [4.69, 9.17) is 10.3 Å². The van der Waals surface area contributed by atoms with Gasteiger partial charge in [0.2, 0.25) is 0 Å². The highest BCUT2D eigenvalue weighted by atomic mass is 32.1. The van der Waals surface area contributed by atoms with E-state index in [0.29, 0.717) is 6.54 Å². The largest absolute Gasteiger partial charge is 0.355 e. The van der Waals surface area contributed by atoms with Crippen LogP contribution in [0.5, 0.6) is 0 Å². The summed E-state index contributed by atoms with van der Waals surface area (Å²) in [4.78, 5) is 3.36. The Labute approximate surface area is 105 Å². The van der Waals surface area contributed by atoms with Crippen LogP contribution in [0, 0.1) is 0 Å². The van der Waals surface area contributed by atoms with Crippen molar-refractivity contribution in [2.75, 3.05) is 19.6 Å². The number of likely N-dealkylation sites (N-methyl/N-ethyl adjacent to an activating group) is 1. The molecule has 2 aromatic rings. The smallest absolute Gasteiger partial charge is 0.177 e. The molecule has 0 spiro atoms. The first-order valence-corrected chi connectivity index (χ1v) is 6.63. The van der Waals surface area contributed by atoms with Gasteiger partial charge in [0.15, 0.2) is 5.76 Å². The number of thiophene rings is 1. The lowest BCUT2D eigenvalue weighted by Gasteiger charge is -2.17. The first kappa shape index (κ1) is 12.3. The van der Waals surface area contributed by atoms with Gasteiger partial charge < -0.3 is 10.3 Å². The molecule has 0 aliphatic carbocycles. The Morgan fingerprint density at radius 1 is 1.53 bits per heavy atom. The molecule has 2 aromatic heterocycles. The fourth-order valence-electron chi connectivity index (χ4n) is 1.68. The summed E-state index contributed by atoms with van der Waals surface area (Å²) in [5.74, 6) is 0.846. The summed E-state index contributed by atoms with van der Waals surface area (Å²) in [5, 5.41) is 6.12. The van der Waals surface area contributed by atoms with Crippen LogP contribution in [0.2, 0.25) is 0 Å². The molecule has 0 amide bonds. The van der Waals surface area contributed by atoms with Gasteiger partial charge in [-0.05, 0) is 18.0 Å². The van der Waals surface area contributed by atoms with Gasteiger partial charge in [0, 0.05) is 25.7 Å². The Kier molecular flexibility index (Phi) is 4.30. The summed E-state index contributed by atoms with van der Waals surface area (Å²) in [6.07, 6.45) is 0. The molecule has 0 atom stereocenters. The van der Waals surface area contributed by atoms with Crippen LogP contribution in [0.15, 0.2) is 28.1 Å². The first-order chi connectivity index (χ1) is 8.33. The van der Waals surface area contributed by atoms with Crippen LogP contribution in [-0.2, 0) is 6.54 Å². The summed E-state index contributed by atoms with van der Waals surface area (Å²) in [7, 11) is 0. The molecule has 2 heterocycles. The third-order valence-corrected chi connectivity index (χ3v) is 3.49. The SMILES string of the molecule is CCN(CCN)Cc1cc(-c2cccs2)on1. The summed E-state index contributed by atoms with van der Waals surface area (Å²) in [6, 6.07) is 6.05. The maximum absolute atomic E-state index is 5.56. The molecule has 0 radical (unpaired) electrons. The minimum absolute atomic E-state index is 0.670. The van der Waals surface area contributed by atoms with Crippen molar-refractivity contribution >= 4 is 11.3 Å². The van der Waals surface area contributed by atoms with Crippen LogP contribution < -0.4 is 5.73 Å². The summed E-state index contributed by atoms with van der Waals surface area (Å²) in [5.41, 5.74) is 6.52. The fourth-order valence-corrected chi connectivity index (χ4v) is 2.36. The van der Waals surface area contributed by atoms with Gasteiger partial charge in [0.25, 0.3) is 0 Å². The predicted octanol–water partition coefficient (Wildman–Crippen LogP) is 2.18. The fraction of sp³-hybridized carbons (Fsp3) is 0.417. The number of rotatable bonds is 6. The highest BCUT2D eigenvalue weighted by Gasteiger charge is 2.10. The average molecular weight is 251 g/mol. The van der Waals surface area contributed by atoms with E-state index in [-0.39, 0.29) is 0 Å². The zero-order valence-electron chi connectivity index (χ0n) is 9.93. The third kappa shape index (κ3) is 3.15. The molecule has 2 rings (SSSR count). The molecule has 17 heavy (non-hydrogen) atoms. The molecule has 0 saturated carbocycles. The highest BCUT2D eigenvalue weighted by Crippen LogP contribution is 2.25. The van der Waals surface area contributed by atoms with Gasteiger partial charge in [-0.3, -0.25) is 4.90 Å². The Balaban J connectivity index is 2.03. The molecule has 0 unspecified atom stereocenters. The highest BCUT2D eigenvalue weighted by molar-refractivity contribution is 7.13. The third-order valence-electron chi connectivity index (χ3n) is 2.60. The molecule has 0 saturated heterocycles. The maximum Gasteiger partial charge on any atom is 0.177 e. The van der Waals surface area contributed by atoms with Gasteiger partial charge in [-0.1, -0.05) is 18.1 Å². The number of hydrogen-bond donors (Lipinski definition) is 1. The molecular formula is C12H17N3OS. The Hall–Kier alpha value is -1.17. The van der Waals surface area contributed by atoms with Gasteiger partial charge in [-0.25, -0.2) is 0 Å². The quantitative estimate of drug-likeness (QED) is 0.855. The number of hydrogen-bond acceptors (Lipinski definition) is 5. The van der Waals surface area contributed by atoms with Crippen molar-refractivity contribution in [3.05, 3.63) is 29.3 Å². The number of nitrogens with zero attached hydrogens (tertiary/aromatic N) is 2. The van der Waals surface area contributed by atoms with Crippen LogP contribution in [0.1, 0.15) is 12.6 Å². The molecular weight excluding hydrogens is 234 g/mol. The number of nitrogens with two attached hydrogens (primary N) is 1. The number of aromatic nitrogens is 1. The van der Waals surface area contributed by atoms with Crippen molar-refractivity contribution in [2.45, 2.75) is 13.5 Å². The first-order valence-electron chi connectivity index (χ1n) is 5.75.